The van der Waals surface area contributed by atoms with Crippen LogP contribution in [0.15, 0.2) is 12.2 Å². The molecule has 0 aliphatic rings. The Balaban J connectivity index is 3.37. The molecule has 0 amide bonds. The summed E-state index contributed by atoms with van der Waals surface area (Å²) in [5.74, 6) is 0. The Morgan fingerprint density at radius 3 is 2.30 bits per heavy atom. The zero-order chi connectivity index (χ0) is 8.04. The van der Waals surface area contributed by atoms with Gasteiger partial charge in [0.05, 0.1) is 0 Å². The normalized spacial score (nSPS) is 12.8. The molecule has 0 aromatic rings. The number of nitrogens with one attached hydrogen (secondary N) is 1. The summed E-state index contributed by atoms with van der Waals surface area (Å²) in [7, 11) is 1.98. The van der Waals surface area contributed by atoms with Crippen molar-refractivity contribution in [1.29, 1.82) is 0 Å². The fourth-order valence-electron chi connectivity index (χ4n) is 0.665. The summed E-state index contributed by atoms with van der Waals surface area (Å²) < 4.78 is 0. The zero-order valence-corrected chi connectivity index (χ0v) is 7.57. The molecule has 0 aromatic carbocycles. The van der Waals surface area contributed by atoms with Gasteiger partial charge in [-0.1, -0.05) is 32.9 Å². The molecule has 60 valence electrons. The van der Waals surface area contributed by atoms with Crippen molar-refractivity contribution in [2.24, 2.45) is 5.41 Å². The van der Waals surface area contributed by atoms with Gasteiger partial charge < -0.3 is 5.32 Å². The van der Waals surface area contributed by atoms with Crippen molar-refractivity contribution in [3.8, 4) is 0 Å². The molecule has 0 unspecified atom stereocenters. The SMILES string of the molecule is CNCCC=CC(C)(C)C. The van der Waals surface area contributed by atoms with E-state index in [1.165, 1.54) is 0 Å². The van der Waals surface area contributed by atoms with Crippen molar-refractivity contribution >= 4 is 0 Å². The van der Waals surface area contributed by atoms with Crippen LogP contribution in [0.4, 0.5) is 0 Å². The molecule has 0 radical (unpaired) electrons. The smallest absolute Gasteiger partial charge is 0.00173 e. The van der Waals surface area contributed by atoms with Gasteiger partial charge in [0.25, 0.3) is 0 Å². The lowest BCUT2D eigenvalue weighted by Gasteiger charge is -2.10. The highest BCUT2D eigenvalue weighted by atomic mass is 14.8. The van der Waals surface area contributed by atoms with Crippen LogP contribution in [0.5, 0.6) is 0 Å². The molecular weight excluding hydrogens is 122 g/mol. The minimum Gasteiger partial charge on any atom is -0.319 e. The molecule has 0 saturated heterocycles. The molecular formula is C9H19N. The zero-order valence-electron chi connectivity index (χ0n) is 7.57. The molecule has 0 aliphatic heterocycles. The quantitative estimate of drug-likeness (QED) is 0.469. The molecule has 0 saturated carbocycles. The van der Waals surface area contributed by atoms with Crippen molar-refractivity contribution in [2.45, 2.75) is 27.2 Å². The highest BCUT2D eigenvalue weighted by Gasteiger charge is 2.01. The van der Waals surface area contributed by atoms with Gasteiger partial charge in [-0.05, 0) is 25.4 Å². The van der Waals surface area contributed by atoms with Gasteiger partial charge in [-0.25, -0.2) is 0 Å². The molecule has 10 heavy (non-hydrogen) atoms. The molecule has 1 N–H and O–H groups in total. The van der Waals surface area contributed by atoms with Crippen LogP contribution in [0.2, 0.25) is 0 Å². The average molecular weight is 141 g/mol. The van der Waals surface area contributed by atoms with Crippen LogP contribution in [0.1, 0.15) is 27.2 Å². The van der Waals surface area contributed by atoms with Gasteiger partial charge in [0.2, 0.25) is 0 Å². The average Bonchev–Trinajstić information content (AvgIpc) is 1.78. The van der Waals surface area contributed by atoms with Crippen LogP contribution in [0.3, 0.4) is 0 Å². The third-order valence-electron chi connectivity index (χ3n) is 1.18. The monoisotopic (exact) mass is 141 g/mol. The third kappa shape index (κ3) is 7.70. The molecule has 0 fully saturated rings. The fourth-order valence-corrected chi connectivity index (χ4v) is 0.665. The van der Waals surface area contributed by atoms with Gasteiger partial charge >= 0.3 is 0 Å². The number of hydrogen-bond acceptors (Lipinski definition) is 1. The molecule has 0 heterocycles. The van der Waals surface area contributed by atoms with Crippen LogP contribution < -0.4 is 5.32 Å². The van der Waals surface area contributed by atoms with Gasteiger partial charge in [-0.3, -0.25) is 0 Å². The summed E-state index contributed by atoms with van der Waals surface area (Å²) in [6, 6.07) is 0. The molecule has 0 bridgehead atoms. The summed E-state index contributed by atoms with van der Waals surface area (Å²) in [6.07, 6.45) is 5.62. The highest BCUT2D eigenvalue weighted by Crippen LogP contribution is 2.14. The Morgan fingerprint density at radius 2 is 1.90 bits per heavy atom. The summed E-state index contributed by atoms with van der Waals surface area (Å²) in [5.41, 5.74) is 0.341. The summed E-state index contributed by atoms with van der Waals surface area (Å²) >= 11 is 0. The second-order valence-electron chi connectivity index (χ2n) is 3.66. The maximum Gasteiger partial charge on any atom is -0.00173 e. The lowest BCUT2D eigenvalue weighted by Crippen LogP contribution is -2.06. The van der Waals surface area contributed by atoms with Gasteiger partial charge in [0.1, 0.15) is 0 Å². The van der Waals surface area contributed by atoms with E-state index in [-0.39, 0.29) is 0 Å². The standard InChI is InChI=1S/C9H19N/c1-9(2,3)7-5-6-8-10-4/h5,7,10H,6,8H2,1-4H3. The van der Waals surface area contributed by atoms with Crippen LogP contribution in [-0.2, 0) is 0 Å². The van der Waals surface area contributed by atoms with Gasteiger partial charge in [0.15, 0.2) is 0 Å². The summed E-state index contributed by atoms with van der Waals surface area (Å²) in [5, 5.41) is 3.10. The second-order valence-corrected chi connectivity index (χ2v) is 3.66. The Hall–Kier alpha value is -0.300. The Morgan fingerprint density at radius 1 is 1.30 bits per heavy atom. The predicted octanol–water partition coefficient (Wildman–Crippen LogP) is 2.20. The van der Waals surface area contributed by atoms with Gasteiger partial charge in [-0.2, -0.15) is 0 Å². The first-order valence-corrected chi connectivity index (χ1v) is 3.88. The predicted molar refractivity (Wildman–Crippen MR) is 47.1 cm³/mol. The van der Waals surface area contributed by atoms with E-state index >= 15 is 0 Å². The van der Waals surface area contributed by atoms with E-state index in [1.54, 1.807) is 0 Å². The van der Waals surface area contributed by atoms with E-state index in [1.807, 2.05) is 7.05 Å². The Bertz CT molecular complexity index is 97.8. The maximum absolute atomic E-state index is 3.10. The highest BCUT2D eigenvalue weighted by molar-refractivity contribution is 4.92. The van der Waals surface area contributed by atoms with Crippen molar-refractivity contribution < 1.29 is 0 Å². The lowest BCUT2D eigenvalue weighted by molar-refractivity contribution is 0.541. The molecule has 1 nitrogen and oxygen atoms in total. The van der Waals surface area contributed by atoms with Crippen molar-refractivity contribution in [1.82, 2.24) is 5.32 Å². The fraction of sp³-hybridized carbons (Fsp3) is 0.778. The van der Waals surface area contributed by atoms with E-state index in [0.717, 1.165) is 13.0 Å². The minimum absolute atomic E-state index is 0.341. The Labute approximate surface area is 64.5 Å². The summed E-state index contributed by atoms with van der Waals surface area (Å²) in [4.78, 5) is 0. The molecule has 1 heteroatoms. The van der Waals surface area contributed by atoms with Crippen LogP contribution in [0, 0.1) is 5.41 Å². The van der Waals surface area contributed by atoms with Crippen LogP contribution in [-0.4, -0.2) is 13.6 Å². The molecule has 0 spiro atoms. The molecule has 0 rings (SSSR count). The number of rotatable bonds is 3. The molecule has 0 aromatic heterocycles. The Kier molecular flexibility index (Phi) is 4.37. The van der Waals surface area contributed by atoms with E-state index in [9.17, 15) is 0 Å². The maximum atomic E-state index is 3.10. The lowest BCUT2D eigenvalue weighted by atomic mass is 9.96. The molecule has 0 atom stereocenters. The van der Waals surface area contributed by atoms with Gasteiger partial charge in [0, 0.05) is 0 Å². The summed E-state index contributed by atoms with van der Waals surface area (Å²) in [6.45, 7) is 7.71. The van der Waals surface area contributed by atoms with Crippen molar-refractivity contribution in [3.63, 3.8) is 0 Å². The minimum atomic E-state index is 0.341. The van der Waals surface area contributed by atoms with E-state index in [4.69, 9.17) is 0 Å². The van der Waals surface area contributed by atoms with Crippen LogP contribution in [0.25, 0.3) is 0 Å². The van der Waals surface area contributed by atoms with E-state index in [2.05, 4.69) is 38.2 Å². The number of allylic oxidation sites excluding steroid dienone is 1. The topological polar surface area (TPSA) is 12.0 Å². The molecule has 0 aliphatic carbocycles. The van der Waals surface area contributed by atoms with Crippen molar-refractivity contribution in [3.05, 3.63) is 12.2 Å². The first-order chi connectivity index (χ1) is 4.56. The first kappa shape index (κ1) is 9.70. The van der Waals surface area contributed by atoms with E-state index < -0.39 is 0 Å². The van der Waals surface area contributed by atoms with Gasteiger partial charge in [-0.15, -0.1) is 0 Å². The second kappa shape index (κ2) is 4.51. The van der Waals surface area contributed by atoms with Crippen LogP contribution >= 0.6 is 0 Å². The number of hydrogen-bond donors (Lipinski definition) is 1. The largest absolute Gasteiger partial charge is 0.319 e. The third-order valence-corrected chi connectivity index (χ3v) is 1.18. The van der Waals surface area contributed by atoms with E-state index in [0.29, 0.717) is 5.41 Å². The van der Waals surface area contributed by atoms with Crippen molar-refractivity contribution in [2.75, 3.05) is 13.6 Å². The first-order valence-electron chi connectivity index (χ1n) is 3.88.